The number of anilines is 2. The zero-order chi connectivity index (χ0) is 21.3. The Morgan fingerprint density at radius 2 is 1.90 bits per heavy atom. The molecule has 3 aromatic rings. The Kier molecular flexibility index (Phi) is 5.35. The van der Waals surface area contributed by atoms with Crippen LogP contribution < -0.4 is 9.62 Å². The largest absolute Gasteiger partial charge is 0.459 e. The number of furan rings is 1. The zero-order valence-electron chi connectivity index (χ0n) is 16.1. The minimum absolute atomic E-state index is 0.147. The third-order valence-corrected chi connectivity index (χ3v) is 6.76. The van der Waals surface area contributed by atoms with Gasteiger partial charge in [-0.3, -0.25) is 13.9 Å². The second-order valence-electron chi connectivity index (χ2n) is 6.79. The average molecular weight is 446 g/mol. The molecule has 30 heavy (non-hydrogen) atoms. The Labute approximate surface area is 177 Å². The molecule has 2 aromatic heterocycles. The molecular weight excluding hydrogens is 426 g/mol. The van der Waals surface area contributed by atoms with Crippen LogP contribution in [0.15, 0.2) is 58.5 Å². The number of hydrogen-bond donors (Lipinski definition) is 1. The molecule has 0 radical (unpaired) electrons. The quantitative estimate of drug-likeness (QED) is 0.665. The molecule has 0 atom stereocenters. The van der Waals surface area contributed by atoms with Gasteiger partial charge in [0.05, 0.1) is 30.3 Å². The van der Waals surface area contributed by atoms with E-state index in [0.717, 1.165) is 11.8 Å². The number of fused-ring (bicyclic) bond motifs is 1. The van der Waals surface area contributed by atoms with Gasteiger partial charge in [0.2, 0.25) is 10.0 Å². The highest BCUT2D eigenvalue weighted by atomic mass is 32.2. The molecule has 0 aliphatic carbocycles. The van der Waals surface area contributed by atoms with Crippen molar-refractivity contribution in [3.05, 3.63) is 71.0 Å². The topological polar surface area (TPSA) is 99.9 Å². The summed E-state index contributed by atoms with van der Waals surface area (Å²) >= 11 is 1.24. The molecule has 1 aromatic carbocycles. The van der Waals surface area contributed by atoms with Crippen LogP contribution in [-0.4, -0.2) is 44.5 Å². The molecule has 0 unspecified atom stereocenters. The van der Waals surface area contributed by atoms with Crippen molar-refractivity contribution < 1.29 is 22.4 Å². The average Bonchev–Trinajstić information content (AvgIpc) is 3.35. The van der Waals surface area contributed by atoms with Gasteiger partial charge in [0.1, 0.15) is 5.00 Å². The summed E-state index contributed by atoms with van der Waals surface area (Å²) in [5.74, 6) is -0.577. The van der Waals surface area contributed by atoms with E-state index in [1.165, 1.54) is 28.0 Å². The Hall–Kier alpha value is -3.11. The SMILES string of the molecule is CS(=O)(=O)N1CCN(C(=O)c2ccsc2NC(=O)c2ccco2)Cc2ccccc21. The van der Waals surface area contributed by atoms with E-state index in [4.69, 9.17) is 4.42 Å². The minimum Gasteiger partial charge on any atom is -0.459 e. The van der Waals surface area contributed by atoms with Gasteiger partial charge in [-0.2, -0.15) is 0 Å². The number of carbonyl (C=O) groups is 2. The van der Waals surface area contributed by atoms with E-state index in [1.807, 2.05) is 12.1 Å². The lowest BCUT2D eigenvalue weighted by molar-refractivity contribution is 0.0753. The smallest absolute Gasteiger partial charge is 0.291 e. The lowest BCUT2D eigenvalue weighted by atomic mass is 10.1. The Balaban J connectivity index is 1.60. The van der Waals surface area contributed by atoms with Crippen LogP contribution in [-0.2, 0) is 16.6 Å². The van der Waals surface area contributed by atoms with Gasteiger partial charge in [0, 0.05) is 13.1 Å². The van der Waals surface area contributed by atoms with Gasteiger partial charge < -0.3 is 14.6 Å². The Morgan fingerprint density at radius 3 is 2.63 bits per heavy atom. The Bertz CT molecular complexity index is 1180. The van der Waals surface area contributed by atoms with E-state index in [9.17, 15) is 18.0 Å². The lowest BCUT2D eigenvalue weighted by Gasteiger charge is -2.22. The maximum atomic E-state index is 13.3. The number of nitrogens with one attached hydrogen (secondary N) is 1. The van der Waals surface area contributed by atoms with Crippen molar-refractivity contribution in [2.75, 3.05) is 29.0 Å². The number of amides is 2. The first-order chi connectivity index (χ1) is 14.3. The standard InChI is InChI=1S/C20H19N3O5S2/c1-30(26,27)23-10-9-22(13-14-5-2-3-6-16(14)23)20(25)15-8-12-29-19(15)21-18(24)17-7-4-11-28-17/h2-8,11-12H,9-10,13H2,1H3,(H,21,24). The third kappa shape index (κ3) is 3.96. The number of sulfonamides is 1. The maximum Gasteiger partial charge on any atom is 0.291 e. The fourth-order valence-electron chi connectivity index (χ4n) is 3.34. The van der Waals surface area contributed by atoms with Crippen molar-refractivity contribution >= 4 is 43.9 Å². The lowest BCUT2D eigenvalue weighted by Crippen LogP contribution is -2.37. The summed E-state index contributed by atoms with van der Waals surface area (Å²) in [6, 6.07) is 11.9. The number of carbonyl (C=O) groups excluding carboxylic acids is 2. The molecule has 4 rings (SSSR count). The van der Waals surface area contributed by atoms with Crippen molar-refractivity contribution in [1.29, 1.82) is 0 Å². The number of benzene rings is 1. The minimum atomic E-state index is -3.48. The molecule has 0 saturated heterocycles. The van der Waals surface area contributed by atoms with E-state index >= 15 is 0 Å². The van der Waals surface area contributed by atoms with Gasteiger partial charge in [-0.05, 0) is 35.2 Å². The molecule has 0 bridgehead atoms. The van der Waals surface area contributed by atoms with Gasteiger partial charge in [-0.15, -0.1) is 11.3 Å². The van der Waals surface area contributed by atoms with Crippen molar-refractivity contribution in [2.24, 2.45) is 0 Å². The molecule has 8 nitrogen and oxygen atoms in total. The highest BCUT2D eigenvalue weighted by Crippen LogP contribution is 2.30. The third-order valence-electron chi connectivity index (χ3n) is 4.75. The normalized spacial score (nSPS) is 14.2. The van der Waals surface area contributed by atoms with Crippen molar-refractivity contribution in [2.45, 2.75) is 6.54 Å². The van der Waals surface area contributed by atoms with E-state index in [2.05, 4.69) is 5.32 Å². The molecule has 0 saturated carbocycles. The molecule has 1 N–H and O–H groups in total. The first kappa shape index (κ1) is 20.2. The maximum absolute atomic E-state index is 13.3. The molecule has 10 heteroatoms. The van der Waals surface area contributed by atoms with Gasteiger partial charge in [0.25, 0.3) is 11.8 Å². The molecule has 3 heterocycles. The first-order valence-electron chi connectivity index (χ1n) is 9.12. The predicted octanol–water partition coefficient (Wildman–Crippen LogP) is 3.02. The van der Waals surface area contributed by atoms with Gasteiger partial charge >= 0.3 is 0 Å². The van der Waals surface area contributed by atoms with Gasteiger partial charge in [0.15, 0.2) is 5.76 Å². The monoisotopic (exact) mass is 445 g/mol. The fraction of sp³-hybridized carbons (Fsp3) is 0.200. The molecule has 0 fully saturated rings. The highest BCUT2D eigenvalue weighted by Gasteiger charge is 2.29. The van der Waals surface area contributed by atoms with E-state index in [1.54, 1.807) is 34.5 Å². The van der Waals surface area contributed by atoms with Crippen LogP contribution in [0.1, 0.15) is 26.5 Å². The molecular formula is C20H19N3O5S2. The van der Waals surface area contributed by atoms with Crippen molar-refractivity contribution in [3.8, 4) is 0 Å². The number of para-hydroxylation sites is 1. The molecule has 1 aliphatic heterocycles. The summed E-state index contributed by atoms with van der Waals surface area (Å²) in [6.45, 7) is 0.643. The molecule has 1 aliphatic rings. The van der Waals surface area contributed by atoms with Crippen LogP contribution in [0.3, 0.4) is 0 Å². The molecule has 0 spiro atoms. The van der Waals surface area contributed by atoms with Crippen molar-refractivity contribution in [3.63, 3.8) is 0 Å². The van der Waals surface area contributed by atoms with E-state index in [-0.39, 0.29) is 31.3 Å². The van der Waals surface area contributed by atoms with Crippen LogP contribution in [0, 0.1) is 0 Å². The number of rotatable bonds is 4. The highest BCUT2D eigenvalue weighted by molar-refractivity contribution is 7.92. The zero-order valence-corrected chi connectivity index (χ0v) is 17.7. The van der Waals surface area contributed by atoms with E-state index in [0.29, 0.717) is 16.3 Å². The Morgan fingerprint density at radius 1 is 1.10 bits per heavy atom. The first-order valence-corrected chi connectivity index (χ1v) is 11.8. The summed E-state index contributed by atoms with van der Waals surface area (Å²) < 4.78 is 30.9. The summed E-state index contributed by atoms with van der Waals surface area (Å²) in [6.07, 6.45) is 2.56. The van der Waals surface area contributed by atoms with Gasteiger partial charge in [-0.1, -0.05) is 18.2 Å². The van der Waals surface area contributed by atoms with Crippen LogP contribution in [0.4, 0.5) is 10.7 Å². The summed E-state index contributed by atoms with van der Waals surface area (Å²) in [7, 11) is -3.48. The number of thiophene rings is 1. The second-order valence-corrected chi connectivity index (χ2v) is 9.61. The van der Waals surface area contributed by atoms with Crippen molar-refractivity contribution in [1.82, 2.24) is 4.90 Å². The number of nitrogens with zero attached hydrogens (tertiary/aromatic N) is 2. The second kappa shape index (κ2) is 7.96. The summed E-state index contributed by atoms with van der Waals surface area (Å²) in [4.78, 5) is 27.2. The number of hydrogen-bond acceptors (Lipinski definition) is 6. The van der Waals surface area contributed by atoms with Crippen LogP contribution in [0.5, 0.6) is 0 Å². The summed E-state index contributed by atoms with van der Waals surface area (Å²) in [5, 5.41) is 4.85. The predicted molar refractivity (Wildman–Crippen MR) is 114 cm³/mol. The van der Waals surface area contributed by atoms with Gasteiger partial charge in [-0.25, -0.2) is 8.42 Å². The molecule has 2 amide bonds. The van der Waals surface area contributed by atoms with Crippen LogP contribution in [0.2, 0.25) is 0 Å². The summed E-state index contributed by atoms with van der Waals surface area (Å²) in [5.41, 5.74) is 1.67. The molecule has 156 valence electrons. The van der Waals surface area contributed by atoms with Crippen LogP contribution in [0.25, 0.3) is 0 Å². The fourth-order valence-corrected chi connectivity index (χ4v) is 5.06. The van der Waals surface area contributed by atoms with Crippen LogP contribution >= 0.6 is 11.3 Å². The van der Waals surface area contributed by atoms with E-state index < -0.39 is 15.9 Å².